The van der Waals surface area contributed by atoms with Crippen LogP contribution in [0.5, 0.6) is 11.5 Å². The molecule has 0 bridgehead atoms. The largest absolute Gasteiger partial charge is 0.456 e. The predicted molar refractivity (Wildman–Crippen MR) is 102 cm³/mol. The van der Waals surface area contributed by atoms with Gasteiger partial charge in [-0.05, 0) is 44.0 Å². The van der Waals surface area contributed by atoms with Crippen molar-refractivity contribution in [2.45, 2.75) is 25.8 Å². The van der Waals surface area contributed by atoms with Crippen LogP contribution < -0.4 is 15.4 Å². The maximum absolute atomic E-state index is 6.33. The molecular weight excluding hydrogens is 332 g/mol. The molecule has 1 aromatic heterocycles. The number of aromatic nitrogens is 2. The highest BCUT2D eigenvalue weighted by Gasteiger charge is 2.26. The normalized spacial score (nSPS) is 16.6. The van der Waals surface area contributed by atoms with Gasteiger partial charge in [0.2, 0.25) is 5.13 Å². The number of nitrogen functional groups attached to an aromatic ring is 1. The lowest BCUT2D eigenvalue weighted by molar-refractivity contribution is 0.470. The monoisotopic (exact) mass is 352 g/mol. The summed E-state index contributed by atoms with van der Waals surface area (Å²) in [7, 11) is 2.14. The molecule has 0 fully saturated rings. The van der Waals surface area contributed by atoms with Crippen molar-refractivity contribution < 1.29 is 4.74 Å². The van der Waals surface area contributed by atoms with Crippen molar-refractivity contribution in [1.29, 1.82) is 0 Å². The fourth-order valence-corrected chi connectivity index (χ4v) is 3.84. The van der Waals surface area contributed by atoms with Crippen LogP contribution in [0.4, 0.5) is 10.8 Å². The third kappa shape index (κ3) is 2.93. The summed E-state index contributed by atoms with van der Waals surface area (Å²) in [6, 6.07) is 14.6. The minimum Gasteiger partial charge on any atom is -0.456 e. The molecule has 0 radical (unpaired) electrons. The van der Waals surface area contributed by atoms with Gasteiger partial charge in [0.25, 0.3) is 0 Å². The Hall–Kier alpha value is -2.60. The third-order valence-corrected chi connectivity index (χ3v) is 5.51. The SMILES string of the molecule is CC1CCc2c(ccc(-c3nnc(N)s3)c2Oc2ccccc2)N1C. The van der Waals surface area contributed by atoms with Gasteiger partial charge < -0.3 is 15.4 Å². The predicted octanol–water partition coefficient (Wildman–Crippen LogP) is 4.35. The molecule has 25 heavy (non-hydrogen) atoms. The highest BCUT2D eigenvalue weighted by molar-refractivity contribution is 7.18. The number of hydrogen-bond acceptors (Lipinski definition) is 6. The molecular formula is C19H20N4OS. The Morgan fingerprint density at radius 2 is 1.96 bits per heavy atom. The van der Waals surface area contributed by atoms with Crippen LogP contribution in [-0.2, 0) is 6.42 Å². The van der Waals surface area contributed by atoms with Crippen molar-refractivity contribution in [3.05, 3.63) is 48.0 Å². The van der Waals surface area contributed by atoms with Gasteiger partial charge in [-0.1, -0.05) is 29.5 Å². The minimum absolute atomic E-state index is 0.462. The average molecular weight is 352 g/mol. The first kappa shape index (κ1) is 15.9. The van der Waals surface area contributed by atoms with Gasteiger partial charge in [-0.3, -0.25) is 0 Å². The van der Waals surface area contributed by atoms with Crippen LogP contribution in [-0.4, -0.2) is 23.3 Å². The van der Waals surface area contributed by atoms with Gasteiger partial charge in [0, 0.05) is 24.3 Å². The number of para-hydroxylation sites is 1. The van der Waals surface area contributed by atoms with Crippen LogP contribution in [0.15, 0.2) is 42.5 Å². The van der Waals surface area contributed by atoms with Gasteiger partial charge in [-0.15, -0.1) is 10.2 Å². The van der Waals surface area contributed by atoms with Gasteiger partial charge in [0.15, 0.2) is 5.01 Å². The van der Waals surface area contributed by atoms with E-state index in [9.17, 15) is 0 Å². The summed E-state index contributed by atoms with van der Waals surface area (Å²) in [5, 5.41) is 9.43. The Morgan fingerprint density at radius 3 is 2.68 bits per heavy atom. The van der Waals surface area contributed by atoms with E-state index in [0.717, 1.165) is 34.9 Å². The molecule has 2 heterocycles. The van der Waals surface area contributed by atoms with Gasteiger partial charge in [0.1, 0.15) is 11.5 Å². The lowest BCUT2D eigenvalue weighted by Crippen LogP contribution is -2.33. The van der Waals surface area contributed by atoms with Crippen LogP contribution in [0.25, 0.3) is 10.6 Å². The highest BCUT2D eigenvalue weighted by Crippen LogP contribution is 2.44. The molecule has 4 rings (SSSR count). The first-order chi connectivity index (χ1) is 12.1. The Bertz CT molecular complexity index is 894. The van der Waals surface area contributed by atoms with Gasteiger partial charge in [-0.2, -0.15) is 0 Å². The molecule has 0 aliphatic carbocycles. The number of benzene rings is 2. The van der Waals surface area contributed by atoms with E-state index in [2.05, 4.69) is 41.2 Å². The van der Waals surface area contributed by atoms with E-state index in [1.807, 2.05) is 30.3 Å². The summed E-state index contributed by atoms with van der Waals surface area (Å²) in [6.45, 7) is 2.25. The first-order valence-electron chi connectivity index (χ1n) is 8.34. The molecule has 0 amide bonds. The Morgan fingerprint density at radius 1 is 1.16 bits per heavy atom. The van der Waals surface area contributed by atoms with Crippen molar-refractivity contribution in [2.24, 2.45) is 0 Å². The minimum atomic E-state index is 0.462. The Labute approximate surface area is 151 Å². The van der Waals surface area contributed by atoms with Crippen LogP contribution in [0.2, 0.25) is 0 Å². The Kier molecular flexibility index (Phi) is 4.05. The maximum atomic E-state index is 6.33. The Balaban J connectivity index is 1.87. The first-order valence-corrected chi connectivity index (χ1v) is 9.16. The zero-order valence-corrected chi connectivity index (χ0v) is 15.1. The summed E-state index contributed by atoms with van der Waals surface area (Å²) in [5.41, 5.74) is 9.17. The molecule has 0 spiro atoms. The molecule has 3 aromatic rings. The summed E-state index contributed by atoms with van der Waals surface area (Å²) >= 11 is 1.38. The van der Waals surface area contributed by atoms with Crippen molar-refractivity contribution in [3.8, 4) is 22.1 Å². The van der Waals surface area contributed by atoms with Gasteiger partial charge >= 0.3 is 0 Å². The fourth-order valence-electron chi connectivity index (χ4n) is 3.21. The molecule has 5 nitrogen and oxygen atoms in total. The van der Waals surface area contributed by atoms with E-state index in [1.54, 1.807) is 0 Å². The van der Waals surface area contributed by atoms with Crippen molar-refractivity contribution in [3.63, 3.8) is 0 Å². The summed E-state index contributed by atoms with van der Waals surface area (Å²) in [6.07, 6.45) is 2.07. The molecule has 2 N–H and O–H groups in total. The van der Waals surface area contributed by atoms with Crippen LogP contribution in [0.1, 0.15) is 18.9 Å². The number of hydrogen-bond donors (Lipinski definition) is 1. The summed E-state index contributed by atoms with van der Waals surface area (Å²) in [5.74, 6) is 1.68. The summed E-state index contributed by atoms with van der Waals surface area (Å²) in [4.78, 5) is 2.31. The molecule has 128 valence electrons. The quantitative estimate of drug-likeness (QED) is 0.759. The number of nitrogens with zero attached hydrogens (tertiary/aromatic N) is 3. The molecule has 1 aliphatic rings. The van der Waals surface area contributed by atoms with E-state index in [0.29, 0.717) is 11.2 Å². The van der Waals surface area contributed by atoms with E-state index in [-0.39, 0.29) is 0 Å². The smallest absolute Gasteiger partial charge is 0.203 e. The average Bonchev–Trinajstić information content (AvgIpc) is 3.05. The topological polar surface area (TPSA) is 64.3 Å². The van der Waals surface area contributed by atoms with Crippen LogP contribution >= 0.6 is 11.3 Å². The molecule has 1 aliphatic heterocycles. The number of ether oxygens (including phenoxy) is 1. The molecule has 0 saturated heterocycles. The third-order valence-electron chi connectivity index (χ3n) is 4.72. The molecule has 1 unspecified atom stereocenters. The fraction of sp³-hybridized carbons (Fsp3) is 0.263. The second-order valence-electron chi connectivity index (χ2n) is 6.30. The molecule has 0 saturated carbocycles. The maximum Gasteiger partial charge on any atom is 0.203 e. The number of anilines is 2. The van der Waals surface area contributed by atoms with E-state index >= 15 is 0 Å². The lowest BCUT2D eigenvalue weighted by atomic mass is 9.94. The number of rotatable bonds is 3. The number of fused-ring (bicyclic) bond motifs is 1. The van der Waals surface area contributed by atoms with Crippen molar-refractivity contribution >= 4 is 22.2 Å². The van der Waals surface area contributed by atoms with E-state index in [1.165, 1.54) is 22.6 Å². The van der Waals surface area contributed by atoms with E-state index in [4.69, 9.17) is 10.5 Å². The van der Waals surface area contributed by atoms with E-state index < -0.39 is 0 Å². The summed E-state index contributed by atoms with van der Waals surface area (Å²) < 4.78 is 6.33. The van der Waals surface area contributed by atoms with Crippen LogP contribution in [0.3, 0.4) is 0 Å². The second-order valence-corrected chi connectivity index (χ2v) is 7.31. The van der Waals surface area contributed by atoms with Gasteiger partial charge in [-0.25, -0.2) is 0 Å². The van der Waals surface area contributed by atoms with Crippen molar-refractivity contribution in [1.82, 2.24) is 10.2 Å². The van der Waals surface area contributed by atoms with Crippen LogP contribution in [0, 0.1) is 0 Å². The zero-order valence-electron chi connectivity index (χ0n) is 14.3. The number of nitrogens with two attached hydrogens (primary N) is 1. The van der Waals surface area contributed by atoms with Crippen molar-refractivity contribution in [2.75, 3.05) is 17.7 Å². The molecule has 2 aromatic carbocycles. The lowest BCUT2D eigenvalue weighted by Gasteiger charge is -2.35. The highest BCUT2D eigenvalue weighted by atomic mass is 32.1. The molecule has 1 atom stereocenters. The second kappa shape index (κ2) is 6.37. The van der Waals surface area contributed by atoms with Gasteiger partial charge in [0.05, 0.1) is 5.56 Å². The standard InChI is InChI=1S/C19H20N4OS/c1-12-8-9-14-16(23(12)2)11-10-15(18-21-22-19(20)25-18)17(14)24-13-6-4-3-5-7-13/h3-7,10-12H,8-9H2,1-2H3,(H2,20,22). The molecule has 6 heteroatoms. The zero-order chi connectivity index (χ0) is 17.4.